The molecule has 4 unspecified atom stereocenters. The van der Waals surface area contributed by atoms with Crippen molar-refractivity contribution in [3.05, 3.63) is 0 Å². The van der Waals surface area contributed by atoms with Gasteiger partial charge in [0.25, 0.3) is 0 Å². The fraction of sp³-hybridized carbons (Fsp3) is 0.950. The number of primary amides is 1. The molecule has 27 heavy (non-hydrogen) atoms. The molecule has 1 rings (SSSR count). The monoisotopic (exact) mass is 386 g/mol. The van der Waals surface area contributed by atoms with Crippen molar-refractivity contribution in [3.63, 3.8) is 0 Å². The zero-order valence-corrected chi connectivity index (χ0v) is 17.1. The minimum Gasteiger partial charge on any atom is -0.379 e. The summed E-state index contributed by atoms with van der Waals surface area (Å²) in [6, 6.07) is 0.620. The van der Waals surface area contributed by atoms with Crippen molar-refractivity contribution in [1.82, 2.24) is 10.6 Å². The zero-order valence-electron chi connectivity index (χ0n) is 17.1. The maximum absolute atomic E-state index is 10.7. The second kappa shape index (κ2) is 13.4. The summed E-state index contributed by atoms with van der Waals surface area (Å²) in [5.74, 6) is -0.204. The number of carbonyl (C=O) groups is 1. The van der Waals surface area contributed by atoms with Gasteiger partial charge >= 0.3 is 0 Å². The minimum absolute atomic E-state index is 0.204. The third kappa shape index (κ3) is 12.4. The normalized spacial score (nSPS) is 23.9. The van der Waals surface area contributed by atoms with Crippen molar-refractivity contribution >= 4 is 5.91 Å². The van der Waals surface area contributed by atoms with Gasteiger partial charge in [-0.05, 0) is 76.3 Å². The molecule has 1 amide bonds. The third-order valence-corrected chi connectivity index (χ3v) is 5.62. The Morgan fingerprint density at radius 1 is 1.07 bits per heavy atom. The van der Waals surface area contributed by atoms with Crippen molar-refractivity contribution in [1.29, 1.82) is 0 Å². The fourth-order valence-electron chi connectivity index (χ4n) is 3.60. The van der Waals surface area contributed by atoms with Gasteiger partial charge in [-0.1, -0.05) is 19.8 Å². The van der Waals surface area contributed by atoms with Crippen LogP contribution in [0, 0.1) is 5.41 Å². The predicted molar refractivity (Wildman–Crippen MR) is 109 cm³/mol. The van der Waals surface area contributed by atoms with E-state index in [1.807, 2.05) is 0 Å². The Hall–Kier alpha value is -0.730. The van der Waals surface area contributed by atoms with E-state index >= 15 is 0 Å². The summed E-state index contributed by atoms with van der Waals surface area (Å²) in [4.78, 5) is 10.7. The molecular weight excluding hydrogens is 344 g/mol. The first-order chi connectivity index (χ1) is 12.8. The van der Waals surface area contributed by atoms with Gasteiger partial charge < -0.3 is 27.0 Å². The maximum Gasteiger partial charge on any atom is 0.217 e. The van der Waals surface area contributed by atoms with Crippen molar-refractivity contribution in [2.75, 3.05) is 13.1 Å². The van der Waals surface area contributed by atoms with E-state index in [0.717, 1.165) is 64.5 Å². The van der Waals surface area contributed by atoms with Crippen molar-refractivity contribution in [2.45, 2.75) is 102 Å². The van der Waals surface area contributed by atoms with Crippen LogP contribution in [-0.4, -0.2) is 47.7 Å². The summed E-state index contributed by atoms with van der Waals surface area (Å²) in [6.45, 7) is 4.12. The van der Waals surface area contributed by atoms with Crippen LogP contribution in [0.2, 0.25) is 0 Å². The Bertz CT molecular complexity index is 409. The number of aliphatic hydroxyl groups excluding tert-OH is 2. The van der Waals surface area contributed by atoms with Crippen LogP contribution in [0.3, 0.4) is 0 Å². The lowest BCUT2D eigenvalue weighted by Crippen LogP contribution is -2.29. The SMILES string of the molecule is CC1(CCCCC(O)NCCCCC(N)O)CC1NCCCCCC(N)=O. The van der Waals surface area contributed by atoms with Crippen molar-refractivity contribution in [2.24, 2.45) is 16.9 Å². The molecule has 0 bridgehead atoms. The summed E-state index contributed by atoms with van der Waals surface area (Å²) < 4.78 is 0. The molecule has 0 aromatic rings. The Balaban J connectivity index is 1.92. The van der Waals surface area contributed by atoms with E-state index in [0.29, 0.717) is 24.3 Å². The van der Waals surface area contributed by atoms with Crippen LogP contribution in [0.5, 0.6) is 0 Å². The first kappa shape index (κ1) is 24.3. The molecule has 0 aliphatic heterocycles. The van der Waals surface area contributed by atoms with Crippen LogP contribution in [-0.2, 0) is 4.79 Å². The summed E-state index contributed by atoms with van der Waals surface area (Å²) >= 11 is 0. The van der Waals surface area contributed by atoms with Gasteiger partial charge in [-0.2, -0.15) is 0 Å². The number of carbonyl (C=O) groups excluding carboxylic acids is 1. The molecule has 0 aromatic heterocycles. The average Bonchev–Trinajstić information content (AvgIpc) is 3.24. The topological polar surface area (TPSA) is 134 Å². The van der Waals surface area contributed by atoms with E-state index < -0.39 is 12.5 Å². The molecule has 160 valence electrons. The highest BCUT2D eigenvalue weighted by atomic mass is 16.3. The molecule has 1 fully saturated rings. The van der Waals surface area contributed by atoms with Gasteiger partial charge in [0.15, 0.2) is 0 Å². The number of rotatable bonds is 18. The van der Waals surface area contributed by atoms with Gasteiger partial charge in [-0.3, -0.25) is 10.1 Å². The second-order valence-corrected chi connectivity index (χ2v) is 8.42. The first-order valence-corrected chi connectivity index (χ1v) is 10.7. The van der Waals surface area contributed by atoms with Gasteiger partial charge in [0.2, 0.25) is 5.91 Å². The number of nitrogens with two attached hydrogens (primary N) is 2. The molecule has 0 radical (unpaired) electrons. The van der Waals surface area contributed by atoms with Crippen molar-refractivity contribution in [3.8, 4) is 0 Å². The molecule has 1 saturated carbocycles. The molecule has 0 spiro atoms. The maximum atomic E-state index is 10.7. The fourth-order valence-corrected chi connectivity index (χ4v) is 3.60. The number of amides is 1. The lowest BCUT2D eigenvalue weighted by Gasteiger charge is -2.15. The molecular formula is C20H42N4O3. The van der Waals surface area contributed by atoms with Gasteiger partial charge in [0.05, 0.1) is 0 Å². The molecule has 0 heterocycles. The van der Waals surface area contributed by atoms with Crippen molar-refractivity contribution < 1.29 is 15.0 Å². The number of nitrogens with one attached hydrogen (secondary N) is 2. The first-order valence-electron chi connectivity index (χ1n) is 10.7. The predicted octanol–water partition coefficient (Wildman–Crippen LogP) is 1.32. The second-order valence-electron chi connectivity index (χ2n) is 8.42. The largest absolute Gasteiger partial charge is 0.379 e. The molecule has 4 atom stereocenters. The average molecular weight is 387 g/mol. The van der Waals surface area contributed by atoms with E-state index in [1.54, 1.807) is 0 Å². The van der Waals surface area contributed by atoms with Gasteiger partial charge in [0.1, 0.15) is 12.5 Å². The number of hydrogen-bond donors (Lipinski definition) is 6. The summed E-state index contributed by atoms with van der Waals surface area (Å²) in [6.07, 6.45) is 10.2. The van der Waals surface area contributed by atoms with Crippen LogP contribution in [0.4, 0.5) is 0 Å². The summed E-state index contributed by atoms with van der Waals surface area (Å²) in [5, 5.41) is 25.7. The highest BCUT2D eigenvalue weighted by molar-refractivity contribution is 5.73. The van der Waals surface area contributed by atoms with Gasteiger partial charge in [-0.15, -0.1) is 0 Å². The van der Waals surface area contributed by atoms with Crippen LogP contribution < -0.4 is 22.1 Å². The summed E-state index contributed by atoms with van der Waals surface area (Å²) in [5.41, 5.74) is 10.8. The molecule has 0 saturated heterocycles. The van der Waals surface area contributed by atoms with E-state index in [4.69, 9.17) is 16.6 Å². The van der Waals surface area contributed by atoms with E-state index in [2.05, 4.69) is 17.6 Å². The van der Waals surface area contributed by atoms with E-state index in [9.17, 15) is 9.90 Å². The van der Waals surface area contributed by atoms with Crippen LogP contribution in [0.1, 0.15) is 84.0 Å². The molecule has 1 aliphatic carbocycles. The number of aliphatic hydroxyl groups is 2. The van der Waals surface area contributed by atoms with Crippen LogP contribution >= 0.6 is 0 Å². The quantitative estimate of drug-likeness (QED) is 0.155. The van der Waals surface area contributed by atoms with E-state index in [1.165, 1.54) is 12.8 Å². The molecule has 8 N–H and O–H groups in total. The standard InChI is InChI=1S/C20H42N4O3/c1-20(15-16(20)23-13-7-2-3-9-17(21)25)12-6-4-11-19(27)24-14-8-5-10-18(22)26/h16,18-19,23-24,26-27H,2-15,22H2,1H3,(H2,21,25). The van der Waals surface area contributed by atoms with Gasteiger partial charge in [-0.25, -0.2) is 0 Å². The lowest BCUT2D eigenvalue weighted by molar-refractivity contribution is -0.118. The van der Waals surface area contributed by atoms with Gasteiger partial charge in [0, 0.05) is 12.5 Å². The minimum atomic E-state index is -0.723. The Morgan fingerprint density at radius 3 is 2.48 bits per heavy atom. The van der Waals surface area contributed by atoms with Crippen LogP contribution in [0.15, 0.2) is 0 Å². The number of hydrogen-bond acceptors (Lipinski definition) is 6. The zero-order chi connectivity index (χ0) is 20.1. The molecule has 1 aliphatic rings. The Morgan fingerprint density at radius 2 is 1.78 bits per heavy atom. The Labute approximate surface area is 164 Å². The highest BCUT2D eigenvalue weighted by Crippen LogP contribution is 2.49. The smallest absolute Gasteiger partial charge is 0.217 e. The lowest BCUT2D eigenvalue weighted by atomic mass is 9.99. The third-order valence-electron chi connectivity index (χ3n) is 5.62. The van der Waals surface area contributed by atoms with E-state index in [-0.39, 0.29) is 5.91 Å². The molecule has 0 aromatic carbocycles. The number of unbranched alkanes of at least 4 members (excludes halogenated alkanes) is 4. The highest BCUT2D eigenvalue weighted by Gasteiger charge is 2.48. The molecule has 7 heteroatoms. The van der Waals surface area contributed by atoms with Crippen LogP contribution in [0.25, 0.3) is 0 Å². The molecule has 7 nitrogen and oxygen atoms in total. The Kier molecular flexibility index (Phi) is 12.1. The summed E-state index contributed by atoms with van der Waals surface area (Å²) in [7, 11) is 0.